The molecule has 17 heteroatoms. The lowest BCUT2D eigenvalue weighted by molar-refractivity contribution is -0.193. The zero-order valence-corrected chi connectivity index (χ0v) is 20.7. The van der Waals surface area contributed by atoms with E-state index >= 15 is 0 Å². The first kappa shape index (κ1) is 32.6. The Kier molecular flexibility index (Phi) is 11.5. The SMILES string of the molecule is Fc1cnc(N2CCO[C@]3(CCC[C@@H]3COCc3ccccn3)C2)nc1.O=C(O)C(F)(F)F.O=C(O)C(F)(F)F. The maximum Gasteiger partial charge on any atom is 0.490 e. The number of aromatic nitrogens is 3. The maximum absolute atomic E-state index is 13.1. The fraction of sp³-hybridized carbons (Fsp3) is 0.522. The molecule has 2 N–H and O–H groups in total. The predicted molar refractivity (Wildman–Crippen MR) is 122 cm³/mol. The minimum Gasteiger partial charge on any atom is -0.475 e. The lowest BCUT2D eigenvalue weighted by Gasteiger charge is -2.44. The van der Waals surface area contributed by atoms with E-state index in [1.165, 1.54) is 12.4 Å². The summed E-state index contributed by atoms with van der Waals surface area (Å²) in [5, 5.41) is 14.2. The Balaban J connectivity index is 0.000000333. The van der Waals surface area contributed by atoms with Gasteiger partial charge in [0.25, 0.3) is 0 Å². The summed E-state index contributed by atoms with van der Waals surface area (Å²) in [4.78, 5) is 32.4. The molecule has 2 aliphatic rings. The number of alkyl halides is 6. The number of rotatable bonds is 5. The van der Waals surface area contributed by atoms with Gasteiger partial charge < -0.3 is 24.6 Å². The molecule has 1 saturated heterocycles. The standard InChI is InChI=1S/C19H23FN4O2.2C2HF3O2/c20-16-10-22-18(23-11-16)24-8-9-26-19(14-24)6-3-4-15(19)12-25-13-17-5-1-2-7-21-17;2*3-2(4,5)1(6)7/h1-2,5,7,10-11,15H,3-4,6,8-9,12-14H2;2*(H,6,7)/t15-,19-;;/m1../s1. The Morgan fingerprint density at radius 2 is 1.65 bits per heavy atom. The van der Waals surface area contributed by atoms with Crippen LogP contribution in [0.2, 0.25) is 0 Å². The number of aliphatic carboxylic acids is 2. The number of nitrogens with zero attached hydrogens (tertiary/aromatic N) is 4. The van der Waals surface area contributed by atoms with Crippen molar-refractivity contribution in [2.45, 2.75) is 43.8 Å². The zero-order chi connectivity index (χ0) is 30.0. The number of hydrogen-bond acceptors (Lipinski definition) is 8. The molecule has 1 saturated carbocycles. The summed E-state index contributed by atoms with van der Waals surface area (Å²) in [5.74, 6) is -5.04. The summed E-state index contributed by atoms with van der Waals surface area (Å²) in [5.41, 5.74) is 0.700. The molecule has 222 valence electrons. The first-order valence-corrected chi connectivity index (χ1v) is 11.6. The van der Waals surface area contributed by atoms with E-state index in [1.54, 1.807) is 6.20 Å². The fourth-order valence-electron chi connectivity index (χ4n) is 3.98. The van der Waals surface area contributed by atoms with Gasteiger partial charge in [0.2, 0.25) is 5.95 Å². The molecule has 2 fully saturated rings. The van der Waals surface area contributed by atoms with Gasteiger partial charge in [0.15, 0.2) is 5.82 Å². The Morgan fingerprint density at radius 3 is 2.17 bits per heavy atom. The van der Waals surface area contributed by atoms with Crippen molar-refractivity contribution in [2.75, 3.05) is 31.2 Å². The Bertz CT molecular complexity index is 1070. The van der Waals surface area contributed by atoms with Crippen molar-refractivity contribution < 1.29 is 60.0 Å². The third-order valence-electron chi connectivity index (χ3n) is 5.78. The first-order chi connectivity index (χ1) is 18.6. The monoisotopic (exact) mass is 586 g/mol. The van der Waals surface area contributed by atoms with E-state index in [2.05, 4.69) is 19.9 Å². The van der Waals surface area contributed by atoms with Crippen LogP contribution in [0, 0.1) is 11.7 Å². The van der Waals surface area contributed by atoms with Gasteiger partial charge >= 0.3 is 24.3 Å². The number of anilines is 1. The number of ether oxygens (including phenoxy) is 2. The van der Waals surface area contributed by atoms with Crippen LogP contribution in [0.4, 0.5) is 36.7 Å². The molecule has 10 nitrogen and oxygen atoms in total. The van der Waals surface area contributed by atoms with E-state index in [0.29, 0.717) is 31.7 Å². The smallest absolute Gasteiger partial charge is 0.475 e. The zero-order valence-electron chi connectivity index (χ0n) is 20.7. The predicted octanol–water partition coefficient (Wildman–Crippen LogP) is 3.87. The molecule has 2 aromatic heterocycles. The van der Waals surface area contributed by atoms with Crippen LogP contribution in [-0.4, -0.2) is 81.4 Å². The van der Waals surface area contributed by atoms with Gasteiger partial charge in [-0.25, -0.2) is 23.9 Å². The minimum atomic E-state index is -5.08. The topological polar surface area (TPSA) is 135 Å². The summed E-state index contributed by atoms with van der Waals surface area (Å²) in [6.07, 6.45) is -2.75. The molecule has 1 spiro atoms. The second kappa shape index (κ2) is 14.2. The van der Waals surface area contributed by atoms with Gasteiger partial charge in [-0.3, -0.25) is 4.98 Å². The van der Waals surface area contributed by atoms with Crippen molar-refractivity contribution in [3.05, 3.63) is 48.3 Å². The average molecular weight is 586 g/mol. The molecule has 0 bridgehead atoms. The van der Waals surface area contributed by atoms with Crippen LogP contribution in [0.1, 0.15) is 25.0 Å². The number of halogens is 7. The molecule has 0 amide bonds. The molecule has 2 atom stereocenters. The van der Waals surface area contributed by atoms with Crippen LogP contribution in [0.5, 0.6) is 0 Å². The van der Waals surface area contributed by atoms with Crippen LogP contribution in [0.25, 0.3) is 0 Å². The van der Waals surface area contributed by atoms with Crippen molar-refractivity contribution in [1.29, 1.82) is 0 Å². The largest absolute Gasteiger partial charge is 0.490 e. The minimum absolute atomic E-state index is 0.236. The summed E-state index contributed by atoms with van der Waals surface area (Å²) in [6.45, 7) is 3.22. The van der Waals surface area contributed by atoms with Gasteiger partial charge in [-0.05, 0) is 25.0 Å². The van der Waals surface area contributed by atoms with Crippen LogP contribution in [0.15, 0.2) is 36.8 Å². The molecule has 4 rings (SSSR count). The lowest BCUT2D eigenvalue weighted by Crippen LogP contribution is -2.55. The van der Waals surface area contributed by atoms with Crippen molar-refractivity contribution in [3.8, 4) is 0 Å². The maximum atomic E-state index is 13.1. The number of morpholine rings is 1. The van der Waals surface area contributed by atoms with Crippen molar-refractivity contribution >= 4 is 17.9 Å². The van der Waals surface area contributed by atoms with E-state index in [1.807, 2.05) is 18.2 Å². The average Bonchev–Trinajstić information content (AvgIpc) is 3.25. The van der Waals surface area contributed by atoms with Gasteiger partial charge in [0.1, 0.15) is 0 Å². The van der Waals surface area contributed by atoms with Gasteiger partial charge in [-0.15, -0.1) is 0 Å². The van der Waals surface area contributed by atoms with Crippen molar-refractivity contribution in [2.24, 2.45) is 5.92 Å². The van der Waals surface area contributed by atoms with Crippen molar-refractivity contribution in [1.82, 2.24) is 15.0 Å². The Labute approximate surface area is 222 Å². The highest BCUT2D eigenvalue weighted by Crippen LogP contribution is 2.41. The summed E-state index contributed by atoms with van der Waals surface area (Å²) < 4.78 is 88.8. The van der Waals surface area contributed by atoms with Crippen molar-refractivity contribution in [3.63, 3.8) is 0 Å². The number of carbonyl (C=O) groups is 2. The Morgan fingerprint density at radius 1 is 1.05 bits per heavy atom. The normalized spacial score (nSPS) is 20.7. The van der Waals surface area contributed by atoms with Crippen LogP contribution in [-0.2, 0) is 25.7 Å². The number of hydrogen-bond donors (Lipinski definition) is 2. The molecular weight excluding hydrogens is 561 g/mol. The summed E-state index contributed by atoms with van der Waals surface area (Å²) in [7, 11) is 0. The highest BCUT2D eigenvalue weighted by atomic mass is 19.4. The van der Waals surface area contributed by atoms with E-state index in [9.17, 15) is 30.7 Å². The van der Waals surface area contributed by atoms with Crippen LogP contribution in [0.3, 0.4) is 0 Å². The third-order valence-corrected chi connectivity index (χ3v) is 5.78. The molecule has 2 aromatic rings. The summed E-state index contributed by atoms with van der Waals surface area (Å²) in [6, 6.07) is 5.83. The van der Waals surface area contributed by atoms with E-state index in [-0.39, 0.29) is 5.60 Å². The van der Waals surface area contributed by atoms with Gasteiger partial charge in [0.05, 0.1) is 50.1 Å². The first-order valence-electron chi connectivity index (χ1n) is 11.6. The van der Waals surface area contributed by atoms with Crippen LogP contribution >= 0.6 is 0 Å². The Hall–Kier alpha value is -3.60. The fourth-order valence-corrected chi connectivity index (χ4v) is 3.98. The number of carboxylic acids is 2. The van der Waals surface area contributed by atoms with Crippen LogP contribution < -0.4 is 4.90 Å². The highest BCUT2D eigenvalue weighted by molar-refractivity contribution is 5.73. The number of carboxylic acid groups (broad SMARTS) is 2. The molecular formula is C23H25F7N4O6. The quantitative estimate of drug-likeness (QED) is 0.497. The molecule has 0 aromatic carbocycles. The molecule has 1 aliphatic heterocycles. The molecule has 1 aliphatic carbocycles. The molecule has 0 radical (unpaired) electrons. The van der Waals surface area contributed by atoms with E-state index in [0.717, 1.165) is 38.0 Å². The third kappa shape index (κ3) is 10.2. The molecule has 3 heterocycles. The number of pyridine rings is 1. The van der Waals surface area contributed by atoms with Gasteiger partial charge in [-0.2, -0.15) is 26.3 Å². The molecule has 40 heavy (non-hydrogen) atoms. The van der Waals surface area contributed by atoms with Gasteiger partial charge in [0, 0.05) is 18.7 Å². The highest BCUT2D eigenvalue weighted by Gasteiger charge is 2.47. The van der Waals surface area contributed by atoms with E-state index < -0.39 is 30.1 Å². The molecule has 0 unspecified atom stereocenters. The summed E-state index contributed by atoms with van der Waals surface area (Å²) >= 11 is 0. The second-order valence-corrected chi connectivity index (χ2v) is 8.57. The second-order valence-electron chi connectivity index (χ2n) is 8.57. The van der Waals surface area contributed by atoms with E-state index in [4.69, 9.17) is 29.3 Å². The van der Waals surface area contributed by atoms with Gasteiger partial charge in [-0.1, -0.05) is 12.5 Å². The lowest BCUT2D eigenvalue weighted by atomic mass is 9.89.